The normalized spacial score (nSPS) is 14.3. The van der Waals surface area contributed by atoms with Crippen molar-refractivity contribution in [2.75, 3.05) is 20.7 Å². The van der Waals surface area contributed by atoms with Gasteiger partial charge in [0.1, 0.15) is 11.5 Å². The van der Waals surface area contributed by atoms with Crippen molar-refractivity contribution in [1.29, 1.82) is 0 Å². The Morgan fingerprint density at radius 3 is 2.73 bits per heavy atom. The number of aryl methyl sites for hydroxylation is 1. The first kappa shape index (κ1) is 24.7. The van der Waals surface area contributed by atoms with Gasteiger partial charge in [-0.2, -0.15) is 0 Å². The average Bonchev–Trinajstić information content (AvgIpc) is 3.43. The lowest BCUT2D eigenvalue weighted by Crippen LogP contribution is -2.38. The number of methoxy groups -OCH3 is 1. The van der Waals surface area contributed by atoms with E-state index in [1.54, 1.807) is 25.5 Å². The predicted octanol–water partition coefficient (Wildman–Crippen LogP) is 4.56. The summed E-state index contributed by atoms with van der Waals surface area (Å²) in [6, 6.07) is 6.02. The monoisotopic (exact) mass is 544 g/mol. The molecule has 2 aromatic rings. The zero-order chi connectivity index (χ0) is 20.5. The van der Waals surface area contributed by atoms with Crippen molar-refractivity contribution < 1.29 is 9.47 Å². The summed E-state index contributed by atoms with van der Waals surface area (Å²) in [6.45, 7) is 3.60. The number of aromatic nitrogens is 1. The van der Waals surface area contributed by atoms with E-state index in [0.29, 0.717) is 12.6 Å². The van der Waals surface area contributed by atoms with E-state index in [9.17, 15) is 0 Å². The summed E-state index contributed by atoms with van der Waals surface area (Å²) in [5.41, 5.74) is 1.10. The first-order chi connectivity index (χ1) is 14.2. The maximum Gasteiger partial charge on any atom is 0.191 e. The Kier molecular flexibility index (Phi) is 10.7. The SMILES string of the molecule is CCc1cnc(CCNC(=NC)NCc2ccc(OC)cc2OC2CCCC2)s1.I. The third-order valence-electron chi connectivity index (χ3n) is 5.12. The van der Waals surface area contributed by atoms with Gasteiger partial charge in [-0.15, -0.1) is 35.3 Å². The number of nitrogens with zero attached hydrogens (tertiary/aromatic N) is 2. The Hall–Kier alpha value is -1.55. The lowest BCUT2D eigenvalue weighted by atomic mass is 10.2. The van der Waals surface area contributed by atoms with Crippen LogP contribution >= 0.6 is 35.3 Å². The van der Waals surface area contributed by atoms with Crippen LogP contribution in [-0.4, -0.2) is 37.7 Å². The molecule has 1 aromatic heterocycles. The van der Waals surface area contributed by atoms with Crippen molar-refractivity contribution in [3.63, 3.8) is 0 Å². The third kappa shape index (κ3) is 7.30. The number of rotatable bonds is 9. The first-order valence-corrected chi connectivity index (χ1v) is 11.2. The Morgan fingerprint density at radius 2 is 2.07 bits per heavy atom. The number of hydrogen-bond donors (Lipinski definition) is 2. The highest BCUT2D eigenvalue weighted by molar-refractivity contribution is 14.0. The van der Waals surface area contributed by atoms with Gasteiger partial charge in [0.2, 0.25) is 0 Å². The van der Waals surface area contributed by atoms with Crippen LogP contribution in [0, 0.1) is 0 Å². The molecule has 3 rings (SSSR count). The predicted molar refractivity (Wildman–Crippen MR) is 135 cm³/mol. The fraction of sp³-hybridized carbons (Fsp3) is 0.545. The topological polar surface area (TPSA) is 67.8 Å². The van der Waals surface area contributed by atoms with Crippen LogP contribution in [0.3, 0.4) is 0 Å². The smallest absolute Gasteiger partial charge is 0.191 e. The van der Waals surface area contributed by atoms with Crippen molar-refractivity contribution in [3.8, 4) is 11.5 Å². The Balaban J connectivity index is 0.00000320. The molecular weight excluding hydrogens is 511 g/mol. The van der Waals surface area contributed by atoms with E-state index in [1.165, 1.54) is 17.7 Å². The molecule has 0 bridgehead atoms. The third-order valence-corrected chi connectivity index (χ3v) is 6.32. The molecule has 8 heteroatoms. The maximum atomic E-state index is 6.28. The number of thiazole rings is 1. The minimum atomic E-state index is 0. The zero-order valence-electron chi connectivity index (χ0n) is 18.1. The van der Waals surface area contributed by atoms with Crippen molar-refractivity contribution in [2.45, 2.75) is 58.1 Å². The summed E-state index contributed by atoms with van der Waals surface area (Å²) in [6.07, 6.45) is 8.97. The molecule has 30 heavy (non-hydrogen) atoms. The summed E-state index contributed by atoms with van der Waals surface area (Å²) < 4.78 is 11.7. The summed E-state index contributed by atoms with van der Waals surface area (Å²) in [4.78, 5) is 10.1. The van der Waals surface area contributed by atoms with Gasteiger partial charge in [0, 0.05) is 49.3 Å². The van der Waals surface area contributed by atoms with Crippen molar-refractivity contribution in [3.05, 3.63) is 39.8 Å². The molecule has 166 valence electrons. The van der Waals surface area contributed by atoms with Gasteiger partial charge in [-0.1, -0.05) is 6.92 Å². The molecule has 0 spiro atoms. The van der Waals surface area contributed by atoms with E-state index >= 15 is 0 Å². The van der Waals surface area contributed by atoms with Crippen LogP contribution in [0.15, 0.2) is 29.4 Å². The minimum absolute atomic E-state index is 0. The van der Waals surface area contributed by atoms with Crippen LogP contribution in [0.25, 0.3) is 0 Å². The van der Waals surface area contributed by atoms with Crippen LogP contribution in [0.4, 0.5) is 0 Å². The Bertz CT molecular complexity index is 806. The summed E-state index contributed by atoms with van der Waals surface area (Å²) in [7, 11) is 3.47. The summed E-state index contributed by atoms with van der Waals surface area (Å²) in [5.74, 6) is 2.49. The van der Waals surface area contributed by atoms with Gasteiger partial charge in [-0.05, 0) is 44.2 Å². The Morgan fingerprint density at radius 1 is 1.27 bits per heavy atom. The van der Waals surface area contributed by atoms with Crippen LogP contribution in [0.5, 0.6) is 11.5 Å². The molecule has 1 aliphatic carbocycles. The lowest BCUT2D eigenvalue weighted by molar-refractivity contribution is 0.207. The number of hydrogen-bond acceptors (Lipinski definition) is 5. The molecule has 0 radical (unpaired) electrons. The molecule has 0 amide bonds. The largest absolute Gasteiger partial charge is 0.497 e. The van der Waals surface area contributed by atoms with Crippen molar-refractivity contribution in [1.82, 2.24) is 15.6 Å². The highest BCUT2D eigenvalue weighted by atomic mass is 127. The first-order valence-electron chi connectivity index (χ1n) is 10.4. The highest BCUT2D eigenvalue weighted by Crippen LogP contribution is 2.30. The molecule has 1 aliphatic rings. The second-order valence-electron chi connectivity index (χ2n) is 7.17. The lowest BCUT2D eigenvalue weighted by Gasteiger charge is -2.18. The van der Waals surface area contributed by atoms with Crippen LogP contribution in [0.1, 0.15) is 48.1 Å². The molecule has 0 atom stereocenters. The molecule has 1 heterocycles. The second kappa shape index (κ2) is 13.0. The standard InChI is InChI=1S/C22H32N4O2S.HI/c1-4-19-15-25-21(29-19)11-12-24-22(23-2)26-14-16-9-10-18(27-3)13-20(16)28-17-7-5-6-8-17;/h9-10,13,15,17H,4-8,11-12,14H2,1-3H3,(H2,23,24,26);1H. The molecular formula is C22H33IN4O2S. The summed E-state index contributed by atoms with van der Waals surface area (Å²) >= 11 is 1.78. The molecule has 1 fully saturated rings. The molecule has 1 saturated carbocycles. The summed E-state index contributed by atoms with van der Waals surface area (Å²) in [5, 5.41) is 7.92. The van der Waals surface area contributed by atoms with E-state index in [-0.39, 0.29) is 24.0 Å². The second-order valence-corrected chi connectivity index (χ2v) is 8.37. The van der Waals surface area contributed by atoms with Crippen LogP contribution in [0.2, 0.25) is 0 Å². The van der Waals surface area contributed by atoms with Gasteiger partial charge >= 0.3 is 0 Å². The number of halogens is 1. The number of ether oxygens (including phenoxy) is 2. The number of benzene rings is 1. The molecule has 0 saturated heterocycles. The van der Waals surface area contributed by atoms with E-state index in [1.807, 2.05) is 18.3 Å². The highest BCUT2D eigenvalue weighted by Gasteiger charge is 2.18. The van der Waals surface area contributed by atoms with Gasteiger partial charge in [0.05, 0.1) is 18.2 Å². The molecule has 2 N–H and O–H groups in total. The number of guanidine groups is 1. The van der Waals surface area contributed by atoms with E-state index < -0.39 is 0 Å². The van der Waals surface area contributed by atoms with Crippen LogP contribution in [-0.2, 0) is 19.4 Å². The van der Waals surface area contributed by atoms with Gasteiger partial charge in [-0.3, -0.25) is 4.99 Å². The van der Waals surface area contributed by atoms with Gasteiger partial charge in [-0.25, -0.2) is 4.98 Å². The average molecular weight is 545 g/mol. The molecule has 6 nitrogen and oxygen atoms in total. The maximum absolute atomic E-state index is 6.28. The number of aliphatic imine (C=N–C) groups is 1. The quantitative estimate of drug-likeness (QED) is 0.275. The Labute approximate surface area is 200 Å². The zero-order valence-corrected chi connectivity index (χ0v) is 21.2. The fourth-order valence-electron chi connectivity index (χ4n) is 3.42. The molecule has 0 unspecified atom stereocenters. The minimum Gasteiger partial charge on any atom is -0.497 e. The van der Waals surface area contributed by atoms with Crippen molar-refractivity contribution >= 4 is 41.3 Å². The van der Waals surface area contributed by atoms with Gasteiger partial charge in [0.15, 0.2) is 5.96 Å². The fourth-order valence-corrected chi connectivity index (χ4v) is 4.28. The van der Waals surface area contributed by atoms with E-state index in [0.717, 1.165) is 60.3 Å². The molecule has 0 aliphatic heterocycles. The molecule has 1 aromatic carbocycles. The van der Waals surface area contributed by atoms with E-state index in [4.69, 9.17) is 9.47 Å². The van der Waals surface area contributed by atoms with Crippen LogP contribution < -0.4 is 20.1 Å². The van der Waals surface area contributed by atoms with Crippen molar-refractivity contribution in [2.24, 2.45) is 4.99 Å². The van der Waals surface area contributed by atoms with Gasteiger partial charge in [0.25, 0.3) is 0 Å². The van der Waals surface area contributed by atoms with Gasteiger partial charge < -0.3 is 20.1 Å². The van der Waals surface area contributed by atoms with E-state index in [2.05, 4.69) is 33.6 Å². The number of nitrogens with one attached hydrogen (secondary N) is 2.